The Balaban J connectivity index is 1.40. The first-order chi connectivity index (χ1) is 11.7. The molecule has 0 N–H and O–H groups in total. The van der Waals surface area contributed by atoms with Crippen LogP contribution in [0.1, 0.15) is 38.5 Å². The summed E-state index contributed by atoms with van der Waals surface area (Å²) in [6.45, 7) is 0. The third kappa shape index (κ3) is 8.71. The fraction of sp³-hybridized carbons (Fsp3) is 0.400. The van der Waals surface area contributed by atoms with Gasteiger partial charge in [-0.15, -0.1) is 23.5 Å². The van der Waals surface area contributed by atoms with Crippen molar-refractivity contribution in [1.29, 1.82) is 0 Å². The highest BCUT2D eigenvalue weighted by molar-refractivity contribution is 7.99. The van der Waals surface area contributed by atoms with E-state index in [2.05, 4.69) is 24.3 Å². The van der Waals surface area contributed by atoms with E-state index in [0.717, 1.165) is 10.0 Å². The number of thioether (sulfide) groups is 2. The van der Waals surface area contributed by atoms with Crippen LogP contribution in [0.5, 0.6) is 0 Å². The fourth-order valence-electron chi connectivity index (χ4n) is 2.35. The molecule has 2 rings (SSSR count). The standard InChI is InChI=1S/C20H24Cl2S2/c21-17-7-11-19(12-8-17)23-15-5-3-1-2-4-6-16-24-20-13-9-18(22)10-14-20/h7-14H,1-6,15-16H2. The molecule has 0 radical (unpaired) electrons. The molecule has 4 heteroatoms. The van der Waals surface area contributed by atoms with E-state index in [1.807, 2.05) is 47.8 Å². The molecule has 2 aromatic rings. The molecule has 0 atom stereocenters. The molecule has 0 bridgehead atoms. The van der Waals surface area contributed by atoms with Gasteiger partial charge in [0, 0.05) is 19.8 Å². The second-order valence-corrected chi connectivity index (χ2v) is 8.94. The zero-order valence-electron chi connectivity index (χ0n) is 13.8. The van der Waals surface area contributed by atoms with Gasteiger partial charge in [-0.1, -0.05) is 48.9 Å². The van der Waals surface area contributed by atoms with E-state index >= 15 is 0 Å². The Hall–Kier alpha value is -0.280. The van der Waals surface area contributed by atoms with E-state index < -0.39 is 0 Å². The monoisotopic (exact) mass is 398 g/mol. The van der Waals surface area contributed by atoms with E-state index in [4.69, 9.17) is 23.2 Å². The molecular formula is C20H24Cl2S2. The predicted molar refractivity (Wildman–Crippen MR) is 112 cm³/mol. The third-order valence-corrected chi connectivity index (χ3v) is 6.40. The van der Waals surface area contributed by atoms with Crippen LogP contribution in [0.3, 0.4) is 0 Å². The molecule has 0 saturated heterocycles. The maximum Gasteiger partial charge on any atom is 0.0406 e. The van der Waals surface area contributed by atoms with Crippen molar-refractivity contribution in [2.45, 2.75) is 48.3 Å². The maximum atomic E-state index is 5.89. The van der Waals surface area contributed by atoms with Crippen molar-refractivity contribution in [1.82, 2.24) is 0 Å². The highest BCUT2D eigenvalue weighted by atomic mass is 35.5. The lowest BCUT2D eigenvalue weighted by molar-refractivity contribution is 0.629. The Morgan fingerprint density at radius 2 is 0.833 bits per heavy atom. The van der Waals surface area contributed by atoms with Gasteiger partial charge in [0.05, 0.1) is 0 Å². The SMILES string of the molecule is Clc1ccc(SCCCCCCCCSc2ccc(Cl)cc2)cc1. The summed E-state index contributed by atoms with van der Waals surface area (Å²) in [7, 11) is 0. The number of rotatable bonds is 11. The van der Waals surface area contributed by atoms with Gasteiger partial charge in [-0.3, -0.25) is 0 Å². The van der Waals surface area contributed by atoms with Crippen molar-refractivity contribution in [2.24, 2.45) is 0 Å². The van der Waals surface area contributed by atoms with Gasteiger partial charge in [0.2, 0.25) is 0 Å². The molecule has 0 unspecified atom stereocenters. The van der Waals surface area contributed by atoms with Gasteiger partial charge in [0.25, 0.3) is 0 Å². The molecule has 0 fully saturated rings. The van der Waals surface area contributed by atoms with Crippen LogP contribution in [0.25, 0.3) is 0 Å². The zero-order valence-corrected chi connectivity index (χ0v) is 17.0. The van der Waals surface area contributed by atoms with E-state index in [9.17, 15) is 0 Å². The van der Waals surface area contributed by atoms with Crippen LogP contribution in [-0.4, -0.2) is 11.5 Å². The minimum atomic E-state index is 0.813. The number of benzene rings is 2. The Bertz CT molecular complexity index is 514. The average Bonchev–Trinajstić information content (AvgIpc) is 2.60. The predicted octanol–water partition coefficient (Wildman–Crippen LogP) is 8.22. The molecule has 0 nitrogen and oxygen atoms in total. The molecule has 24 heavy (non-hydrogen) atoms. The highest BCUT2D eigenvalue weighted by Crippen LogP contribution is 2.23. The Labute approximate surface area is 164 Å². The summed E-state index contributed by atoms with van der Waals surface area (Å²) in [6.07, 6.45) is 7.98. The molecule has 0 heterocycles. The molecular weight excluding hydrogens is 375 g/mol. The van der Waals surface area contributed by atoms with E-state index in [-0.39, 0.29) is 0 Å². The highest BCUT2D eigenvalue weighted by Gasteiger charge is 1.97. The lowest BCUT2D eigenvalue weighted by Crippen LogP contribution is -1.85. The van der Waals surface area contributed by atoms with Gasteiger partial charge in [-0.2, -0.15) is 0 Å². The lowest BCUT2D eigenvalue weighted by atomic mass is 10.1. The van der Waals surface area contributed by atoms with Crippen LogP contribution in [-0.2, 0) is 0 Å². The summed E-state index contributed by atoms with van der Waals surface area (Å²) in [5.74, 6) is 2.40. The molecule has 0 spiro atoms. The molecule has 0 aliphatic heterocycles. The topological polar surface area (TPSA) is 0 Å². The van der Waals surface area contributed by atoms with Gasteiger partial charge < -0.3 is 0 Å². The molecule has 0 aromatic heterocycles. The van der Waals surface area contributed by atoms with Crippen molar-refractivity contribution in [3.8, 4) is 0 Å². The summed E-state index contributed by atoms with van der Waals surface area (Å²) in [5.41, 5.74) is 0. The molecule has 2 aromatic carbocycles. The fourth-order valence-corrected chi connectivity index (χ4v) is 4.43. The largest absolute Gasteiger partial charge is 0.126 e. The normalized spacial score (nSPS) is 10.9. The molecule has 0 amide bonds. The lowest BCUT2D eigenvalue weighted by Gasteiger charge is -2.04. The number of halogens is 2. The van der Waals surface area contributed by atoms with Crippen LogP contribution in [0.2, 0.25) is 10.0 Å². The number of hydrogen-bond donors (Lipinski definition) is 0. The quantitative estimate of drug-likeness (QED) is 0.276. The third-order valence-electron chi connectivity index (χ3n) is 3.70. The van der Waals surface area contributed by atoms with Gasteiger partial charge >= 0.3 is 0 Å². The Kier molecular flexibility index (Phi) is 10.1. The summed E-state index contributed by atoms with van der Waals surface area (Å²) in [4.78, 5) is 2.64. The maximum absolute atomic E-state index is 5.89. The van der Waals surface area contributed by atoms with E-state index in [1.165, 1.54) is 59.8 Å². The smallest absolute Gasteiger partial charge is 0.0406 e. The van der Waals surface area contributed by atoms with Gasteiger partial charge in [-0.05, 0) is 72.9 Å². The minimum absolute atomic E-state index is 0.813. The van der Waals surface area contributed by atoms with Crippen molar-refractivity contribution in [3.05, 3.63) is 58.6 Å². The zero-order chi connectivity index (χ0) is 17.0. The van der Waals surface area contributed by atoms with Crippen molar-refractivity contribution < 1.29 is 0 Å². The minimum Gasteiger partial charge on any atom is -0.126 e. The van der Waals surface area contributed by atoms with Crippen LogP contribution in [0.4, 0.5) is 0 Å². The first-order valence-corrected chi connectivity index (χ1v) is 11.2. The number of unbranched alkanes of at least 4 members (excludes halogenated alkanes) is 5. The van der Waals surface area contributed by atoms with Crippen molar-refractivity contribution in [2.75, 3.05) is 11.5 Å². The molecule has 0 saturated carbocycles. The average molecular weight is 399 g/mol. The van der Waals surface area contributed by atoms with Gasteiger partial charge in [0.15, 0.2) is 0 Å². The summed E-state index contributed by atoms with van der Waals surface area (Å²) >= 11 is 15.6. The molecule has 130 valence electrons. The van der Waals surface area contributed by atoms with Crippen molar-refractivity contribution in [3.63, 3.8) is 0 Å². The molecule has 0 aliphatic carbocycles. The summed E-state index contributed by atoms with van der Waals surface area (Å²) in [6, 6.07) is 16.3. The Morgan fingerprint density at radius 1 is 0.500 bits per heavy atom. The van der Waals surface area contributed by atoms with Crippen molar-refractivity contribution >= 4 is 46.7 Å². The first-order valence-electron chi connectivity index (χ1n) is 8.51. The summed E-state index contributed by atoms with van der Waals surface area (Å²) in [5, 5.41) is 1.63. The van der Waals surface area contributed by atoms with Gasteiger partial charge in [-0.25, -0.2) is 0 Å². The number of hydrogen-bond acceptors (Lipinski definition) is 2. The summed E-state index contributed by atoms with van der Waals surface area (Å²) < 4.78 is 0. The van der Waals surface area contributed by atoms with E-state index in [0.29, 0.717) is 0 Å². The van der Waals surface area contributed by atoms with Crippen LogP contribution >= 0.6 is 46.7 Å². The second kappa shape index (κ2) is 12.1. The molecule has 0 aliphatic rings. The van der Waals surface area contributed by atoms with Crippen LogP contribution in [0.15, 0.2) is 58.3 Å². The second-order valence-electron chi connectivity index (χ2n) is 5.73. The first kappa shape index (κ1) is 20.0. The van der Waals surface area contributed by atoms with Crippen LogP contribution < -0.4 is 0 Å². The van der Waals surface area contributed by atoms with E-state index in [1.54, 1.807) is 0 Å². The Morgan fingerprint density at radius 3 is 1.21 bits per heavy atom. The van der Waals surface area contributed by atoms with Crippen LogP contribution in [0, 0.1) is 0 Å². The van der Waals surface area contributed by atoms with Gasteiger partial charge in [0.1, 0.15) is 0 Å².